The molecule has 24 heavy (non-hydrogen) atoms. The van der Waals surface area contributed by atoms with Crippen LogP contribution in [0.3, 0.4) is 0 Å². The molecule has 0 aliphatic rings. The Hall–Kier alpha value is -2.25. The average Bonchev–Trinajstić information content (AvgIpc) is 2.55. The summed E-state index contributed by atoms with van der Waals surface area (Å²) in [7, 11) is -3.60. The Balaban J connectivity index is 1.88. The summed E-state index contributed by atoms with van der Waals surface area (Å²) in [6, 6.07) is 10.00. The summed E-state index contributed by atoms with van der Waals surface area (Å²) >= 11 is 0. The van der Waals surface area contributed by atoms with Gasteiger partial charge in [-0.2, -0.15) is 0 Å². The zero-order valence-corrected chi connectivity index (χ0v) is 14.5. The molecule has 0 spiro atoms. The summed E-state index contributed by atoms with van der Waals surface area (Å²) in [4.78, 5) is 16.0. The van der Waals surface area contributed by atoms with Gasteiger partial charge in [-0.25, -0.2) is 13.1 Å². The molecule has 128 valence electrons. The van der Waals surface area contributed by atoms with E-state index in [2.05, 4.69) is 15.0 Å². The van der Waals surface area contributed by atoms with Gasteiger partial charge in [0.15, 0.2) is 0 Å². The van der Waals surface area contributed by atoms with Crippen molar-refractivity contribution in [2.75, 3.05) is 0 Å². The van der Waals surface area contributed by atoms with Crippen molar-refractivity contribution in [1.29, 1.82) is 0 Å². The lowest BCUT2D eigenvalue weighted by atomic mass is 10.2. The van der Waals surface area contributed by atoms with Crippen LogP contribution in [-0.2, 0) is 27.1 Å². The molecule has 2 rings (SSSR count). The first-order valence-corrected chi connectivity index (χ1v) is 9.23. The Labute approximate surface area is 142 Å². The van der Waals surface area contributed by atoms with Gasteiger partial charge >= 0.3 is 0 Å². The Bertz CT molecular complexity index is 774. The minimum absolute atomic E-state index is 0.159. The predicted molar refractivity (Wildman–Crippen MR) is 92.5 cm³/mol. The van der Waals surface area contributed by atoms with Crippen molar-refractivity contribution >= 4 is 15.9 Å². The van der Waals surface area contributed by atoms with Crippen molar-refractivity contribution in [3.63, 3.8) is 0 Å². The zero-order valence-electron chi connectivity index (χ0n) is 13.7. The Morgan fingerprint density at radius 1 is 1.17 bits per heavy atom. The number of amides is 1. The van der Waals surface area contributed by atoms with Gasteiger partial charge in [0.25, 0.3) is 0 Å². The van der Waals surface area contributed by atoms with Crippen LogP contribution in [-0.4, -0.2) is 25.4 Å². The quantitative estimate of drug-likeness (QED) is 0.795. The maximum Gasteiger partial charge on any atom is 0.238 e. The molecule has 1 aromatic heterocycles. The lowest BCUT2D eigenvalue weighted by Gasteiger charge is -2.14. The van der Waals surface area contributed by atoms with Crippen molar-refractivity contribution in [3.8, 4) is 0 Å². The van der Waals surface area contributed by atoms with Gasteiger partial charge in [-0.05, 0) is 31.0 Å². The fourth-order valence-electron chi connectivity index (χ4n) is 2.11. The molecule has 0 bridgehead atoms. The van der Waals surface area contributed by atoms with Crippen molar-refractivity contribution in [2.24, 2.45) is 0 Å². The number of nitrogens with zero attached hydrogens (tertiary/aromatic N) is 1. The van der Waals surface area contributed by atoms with E-state index in [1.165, 1.54) is 6.92 Å². The van der Waals surface area contributed by atoms with Crippen LogP contribution >= 0.6 is 0 Å². The fraction of sp³-hybridized carbons (Fsp3) is 0.294. The van der Waals surface area contributed by atoms with E-state index in [0.717, 1.165) is 11.1 Å². The lowest BCUT2D eigenvalue weighted by molar-refractivity contribution is -0.122. The lowest BCUT2D eigenvalue weighted by Crippen LogP contribution is -2.44. The largest absolute Gasteiger partial charge is 0.351 e. The molecule has 1 amide bonds. The molecule has 0 unspecified atom stereocenters. The minimum Gasteiger partial charge on any atom is -0.351 e. The number of benzene rings is 1. The van der Waals surface area contributed by atoms with Gasteiger partial charge < -0.3 is 5.32 Å². The molecule has 6 nitrogen and oxygen atoms in total. The van der Waals surface area contributed by atoms with Crippen LogP contribution in [0.4, 0.5) is 0 Å². The van der Waals surface area contributed by atoms with Crippen LogP contribution in [0.5, 0.6) is 0 Å². The first-order chi connectivity index (χ1) is 11.4. The van der Waals surface area contributed by atoms with E-state index >= 15 is 0 Å². The number of aryl methyl sites for hydroxylation is 1. The van der Waals surface area contributed by atoms with Crippen LogP contribution < -0.4 is 10.0 Å². The van der Waals surface area contributed by atoms with Crippen LogP contribution in [0.2, 0.25) is 0 Å². The van der Waals surface area contributed by atoms with Gasteiger partial charge in [0, 0.05) is 18.9 Å². The molecule has 0 saturated heterocycles. The van der Waals surface area contributed by atoms with E-state index in [1.54, 1.807) is 30.6 Å². The van der Waals surface area contributed by atoms with E-state index in [4.69, 9.17) is 0 Å². The second-order valence-corrected chi connectivity index (χ2v) is 7.42. The summed E-state index contributed by atoms with van der Waals surface area (Å²) in [5.74, 6) is -0.542. The number of sulfonamides is 1. The molecule has 1 aromatic carbocycles. The predicted octanol–water partition coefficient (Wildman–Crippen LogP) is 1.51. The van der Waals surface area contributed by atoms with E-state index in [-0.39, 0.29) is 11.7 Å². The van der Waals surface area contributed by atoms with Gasteiger partial charge in [0.2, 0.25) is 15.9 Å². The van der Waals surface area contributed by atoms with Gasteiger partial charge in [-0.3, -0.25) is 9.78 Å². The van der Waals surface area contributed by atoms with Crippen molar-refractivity contribution in [1.82, 2.24) is 15.0 Å². The number of hydrogen-bond donors (Lipinski definition) is 2. The first kappa shape index (κ1) is 18.1. The monoisotopic (exact) mass is 347 g/mol. The molecule has 2 aromatic rings. The maximum atomic E-state index is 12.2. The third-order valence-corrected chi connectivity index (χ3v) is 4.84. The van der Waals surface area contributed by atoms with Crippen LogP contribution in [0.1, 0.15) is 23.6 Å². The number of carbonyl (C=O) groups is 1. The molecule has 7 heteroatoms. The minimum atomic E-state index is -3.60. The van der Waals surface area contributed by atoms with E-state index < -0.39 is 16.1 Å². The van der Waals surface area contributed by atoms with Gasteiger partial charge in [0.05, 0.1) is 11.8 Å². The number of nitrogens with one attached hydrogen (secondary N) is 2. The van der Waals surface area contributed by atoms with Crippen LogP contribution in [0, 0.1) is 6.92 Å². The van der Waals surface area contributed by atoms with E-state index in [0.29, 0.717) is 12.1 Å². The fourth-order valence-corrected chi connectivity index (χ4v) is 3.47. The normalized spacial score (nSPS) is 12.6. The Kier molecular flexibility index (Phi) is 6.05. The number of hydrogen-bond acceptors (Lipinski definition) is 4. The molecule has 0 saturated carbocycles. The summed E-state index contributed by atoms with van der Waals surface area (Å²) in [6.07, 6.45) is 3.29. The maximum absolute atomic E-state index is 12.2. The molecule has 0 aliphatic carbocycles. The highest BCUT2D eigenvalue weighted by Gasteiger charge is 2.20. The standard InChI is InChI=1S/C17H21N3O3S/c1-13-5-7-15(8-6-13)12-24(22,23)20-14(2)17(21)19-11-16-4-3-9-18-10-16/h3-10,14,20H,11-12H2,1-2H3,(H,19,21)/t14-/m0/s1. The number of aromatic nitrogens is 1. The summed E-state index contributed by atoms with van der Waals surface area (Å²) < 4.78 is 26.7. The zero-order chi connectivity index (χ0) is 17.6. The second kappa shape index (κ2) is 8.03. The molecular formula is C17H21N3O3S. The SMILES string of the molecule is Cc1ccc(CS(=O)(=O)N[C@@H](C)C(=O)NCc2cccnc2)cc1. The first-order valence-electron chi connectivity index (χ1n) is 7.58. The smallest absolute Gasteiger partial charge is 0.238 e. The van der Waals surface area contributed by atoms with Gasteiger partial charge in [-0.15, -0.1) is 0 Å². The van der Waals surface area contributed by atoms with E-state index in [9.17, 15) is 13.2 Å². The number of rotatable bonds is 7. The van der Waals surface area contributed by atoms with Crippen LogP contribution in [0.15, 0.2) is 48.8 Å². The summed E-state index contributed by atoms with van der Waals surface area (Å²) in [6.45, 7) is 3.76. The van der Waals surface area contributed by atoms with Gasteiger partial charge in [-0.1, -0.05) is 35.9 Å². The van der Waals surface area contributed by atoms with Gasteiger partial charge in [0.1, 0.15) is 0 Å². The van der Waals surface area contributed by atoms with Crippen LogP contribution in [0.25, 0.3) is 0 Å². The number of carbonyl (C=O) groups excluding carboxylic acids is 1. The molecule has 0 radical (unpaired) electrons. The third-order valence-electron chi connectivity index (χ3n) is 3.42. The molecule has 1 atom stereocenters. The summed E-state index contributed by atoms with van der Waals surface area (Å²) in [5, 5.41) is 2.69. The average molecular weight is 347 g/mol. The van der Waals surface area contributed by atoms with E-state index in [1.807, 2.05) is 25.1 Å². The Morgan fingerprint density at radius 2 is 1.88 bits per heavy atom. The number of pyridine rings is 1. The van der Waals surface area contributed by atoms with Crippen molar-refractivity contribution < 1.29 is 13.2 Å². The highest BCUT2D eigenvalue weighted by Crippen LogP contribution is 2.07. The highest BCUT2D eigenvalue weighted by atomic mass is 32.2. The van der Waals surface area contributed by atoms with Crippen molar-refractivity contribution in [2.45, 2.75) is 32.2 Å². The molecule has 2 N–H and O–H groups in total. The third kappa shape index (κ3) is 5.75. The molecule has 1 heterocycles. The second-order valence-electron chi connectivity index (χ2n) is 5.66. The molecule has 0 aliphatic heterocycles. The van der Waals surface area contributed by atoms with Crippen molar-refractivity contribution in [3.05, 3.63) is 65.5 Å². The Morgan fingerprint density at radius 3 is 2.50 bits per heavy atom. The summed E-state index contributed by atoms with van der Waals surface area (Å²) in [5.41, 5.74) is 2.59. The highest BCUT2D eigenvalue weighted by molar-refractivity contribution is 7.88. The molecule has 0 fully saturated rings. The topological polar surface area (TPSA) is 88.2 Å². The molecular weight excluding hydrogens is 326 g/mol.